The zero-order chi connectivity index (χ0) is 15.8. The molecule has 1 aliphatic heterocycles. The van der Waals surface area contributed by atoms with E-state index in [2.05, 4.69) is 26.9 Å². The van der Waals surface area contributed by atoms with E-state index in [1.54, 1.807) is 0 Å². The molecule has 1 saturated heterocycles. The third-order valence-corrected chi connectivity index (χ3v) is 4.81. The molecule has 1 heterocycles. The largest absolute Gasteiger partial charge is 0.323 e. The van der Waals surface area contributed by atoms with Gasteiger partial charge in [-0.2, -0.15) is 5.10 Å². The van der Waals surface area contributed by atoms with Crippen molar-refractivity contribution < 1.29 is 4.79 Å². The molecule has 0 atom stereocenters. The summed E-state index contributed by atoms with van der Waals surface area (Å²) in [5.41, 5.74) is 0.872. The summed E-state index contributed by atoms with van der Waals surface area (Å²) in [7, 11) is 2.16. The number of piperazine rings is 1. The second-order valence-electron chi connectivity index (χ2n) is 6.50. The minimum atomic E-state index is 0.242. The van der Waals surface area contributed by atoms with Crippen molar-refractivity contribution in [2.24, 2.45) is 21.9 Å². The van der Waals surface area contributed by atoms with Crippen molar-refractivity contribution in [3.05, 3.63) is 0 Å². The van der Waals surface area contributed by atoms with E-state index >= 15 is 0 Å². The Hall–Kier alpha value is -1.27. The van der Waals surface area contributed by atoms with Crippen LogP contribution in [-0.4, -0.2) is 73.8 Å². The van der Waals surface area contributed by atoms with Crippen molar-refractivity contribution in [2.75, 3.05) is 39.8 Å². The fourth-order valence-electron chi connectivity index (χ4n) is 3.08. The molecular formula is C16H29N5O. The van der Waals surface area contributed by atoms with Gasteiger partial charge in [0.25, 0.3) is 0 Å². The molecule has 2 fully saturated rings. The van der Waals surface area contributed by atoms with Crippen LogP contribution in [0.5, 0.6) is 0 Å². The summed E-state index contributed by atoms with van der Waals surface area (Å²) >= 11 is 0. The summed E-state index contributed by atoms with van der Waals surface area (Å²) in [6.45, 7) is 5.47. The fourth-order valence-corrected chi connectivity index (χ4v) is 3.08. The van der Waals surface area contributed by atoms with Crippen molar-refractivity contribution in [2.45, 2.75) is 38.1 Å². The zero-order valence-electron chi connectivity index (χ0n) is 13.7. The Labute approximate surface area is 133 Å². The topological polar surface area (TPSA) is 74.3 Å². The molecule has 2 rings (SSSR count). The number of nitrogens with two attached hydrogens (primary N) is 1. The highest BCUT2D eigenvalue weighted by Crippen LogP contribution is 2.24. The second-order valence-corrected chi connectivity index (χ2v) is 6.50. The number of hydrazone groups is 1. The molecule has 22 heavy (non-hydrogen) atoms. The molecule has 6 heteroatoms. The Morgan fingerprint density at radius 2 is 1.86 bits per heavy atom. The molecule has 0 bridgehead atoms. The maximum atomic E-state index is 10.8. The van der Waals surface area contributed by atoms with E-state index in [4.69, 9.17) is 5.84 Å². The van der Waals surface area contributed by atoms with Gasteiger partial charge in [0, 0.05) is 51.3 Å². The van der Waals surface area contributed by atoms with Gasteiger partial charge in [-0.1, -0.05) is 0 Å². The summed E-state index contributed by atoms with van der Waals surface area (Å²) in [6.07, 6.45) is 7.70. The highest BCUT2D eigenvalue weighted by atomic mass is 16.1. The fraction of sp³-hybridized carbons (Fsp3) is 0.812. The standard InChI is InChI=1S/C16H29N5O/c1-20-8-10-21(11-9-20)7-6-16(19-17)12-18-15-4-2-14(13-22)3-5-15/h12-15H,2-11,17H2,1H3/b18-12?,19-16-. The van der Waals surface area contributed by atoms with Gasteiger partial charge in [0.05, 0.1) is 11.8 Å². The summed E-state index contributed by atoms with van der Waals surface area (Å²) in [5, 5.41) is 3.88. The monoisotopic (exact) mass is 307 g/mol. The lowest BCUT2D eigenvalue weighted by molar-refractivity contribution is -0.111. The molecule has 0 amide bonds. The Morgan fingerprint density at radius 3 is 2.45 bits per heavy atom. The molecular weight excluding hydrogens is 278 g/mol. The Kier molecular flexibility index (Phi) is 6.99. The Bertz CT molecular complexity index is 393. The van der Waals surface area contributed by atoms with E-state index in [0.29, 0.717) is 6.04 Å². The maximum absolute atomic E-state index is 10.8. The van der Waals surface area contributed by atoms with E-state index in [0.717, 1.165) is 76.8 Å². The lowest BCUT2D eigenvalue weighted by Crippen LogP contribution is -2.45. The summed E-state index contributed by atoms with van der Waals surface area (Å²) in [4.78, 5) is 20.2. The number of hydrogen-bond acceptors (Lipinski definition) is 6. The first kappa shape index (κ1) is 17.1. The predicted molar refractivity (Wildman–Crippen MR) is 90.5 cm³/mol. The summed E-state index contributed by atoms with van der Waals surface area (Å²) < 4.78 is 0. The summed E-state index contributed by atoms with van der Waals surface area (Å²) in [5.74, 6) is 5.74. The van der Waals surface area contributed by atoms with Crippen LogP contribution in [0, 0.1) is 5.92 Å². The van der Waals surface area contributed by atoms with Crippen LogP contribution < -0.4 is 5.84 Å². The lowest BCUT2D eigenvalue weighted by Gasteiger charge is -2.32. The minimum Gasteiger partial charge on any atom is -0.323 e. The summed E-state index contributed by atoms with van der Waals surface area (Å²) in [6, 6.07) is 0.330. The smallest absolute Gasteiger partial charge is 0.123 e. The molecule has 2 aliphatic rings. The molecule has 0 aromatic carbocycles. The maximum Gasteiger partial charge on any atom is 0.123 e. The minimum absolute atomic E-state index is 0.242. The first-order valence-corrected chi connectivity index (χ1v) is 8.37. The van der Waals surface area contributed by atoms with E-state index in [1.165, 1.54) is 0 Å². The molecule has 0 aromatic heterocycles. The lowest BCUT2D eigenvalue weighted by atomic mass is 9.87. The molecule has 2 N–H and O–H groups in total. The zero-order valence-corrected chi connectivity index (χ0v) is 13.7. The molecule has 0 spiro atoms. The van der Waals surface area contributed by atoms with Crippen molar-refractivity contribution >= 4 is 18.2 Å². The van der Waals surface area contributed by atoms with Crippen LogP contribution in [0.2, 0.25) is 0 Å². The van der Waals surface area contributed by atoms with E-state index in [1.807, 2.05) is 6.21 Å². The van der Waals surface area contributed by atoms with Crippen LogP contribution in [0.4, 0.5) is 0 Å². The van der Waals surface area contributed by atoms with Gasteiger partial charge in [-0.05, 0) is 32.7 Å². The number of carbonyl (C=O) groups excluding carboxylic acids is 1. The van der Waals surface area contributed by atoms with E-state index in [-0.39, 0.29) is 5.92 Å². The number of nitrogens with zero attached hydrogens (tertiary/aromatic N) is 4. The Morgan fingerprint density at radius 1 is 1.18 bits per heavy atom. The van der Waals surface area contributed by atoms with Gasteiger partial charge in [-0.3, -0.25) is 4.99 Å². The molecule has 6 nitrogen and oxygen atoms in total. The molecule has 1 aliphatic carbocycles. The predicted octanol–water partition coefficient (Wildman–Crippen LogP) is 0.767. The number of likely N-dealkylation sites (N-methyl/N-ethyl adjacent to an activating group) is 1. The number of rotatable bonds is 6. The average Bonchev–Trinajstić information content (AvgIpc) is 2.57. The molecule has 124 valence electrons. The van der Waals surface area contributed by atoms with Crippen LogP contribution >= 0.6 is 0 Å². The molecule has 0 aromatic rings. The van der Waals surface area contributed by atoms with Crippen LogP contribution in [0.3, 0.4) is 0 Å². The van der Waals surface area contributed by atoms with Crippen molar-refractivity contribution in [1.82, 2.24) is 9.80 Å². The molecule has 0 unspecified atom stereocenters. The third-order valence-electron chi connectivity index (χ3n) is 4.81. The number of aldehydes is 1. The molecule has 0 radical (unpaired) electrons. The van der Waals surface area contributed by atoms with Crippen molar-refractivity contribution in [1.29, 1.82) is 0 Å². The van der Waals surface area contributed by atoms with Crippen LogP contribution in [0.25, 0.3) is 0 Å². The van der Waals surface area contributed by atoms with E-state index in [9.17, 15) is 4.79 Å². The SMILES string of the molecule is CN1CCN(CC/C(C=NC2CCC(C=O)CC2)=N/N)CC1. The van der Waals surface area contributed by atoms with Gasteiger partial charge < -0.3 is 20.4 Å². The first-order chi connectivity index (χ1) is 10.7. The van der Waals surface area contributed by atoms with Gasteiger partial charge >= 0.3 is 0 Å². The van der Waals surface area contributed by atoms with Gasteiger partial charge in [0.1, 0.15) is 6.29 Å². The van der Waals surface area contributed by atoms with Gasteiger partial charge in [0.15, 0.2) is 0 Å². The van der Waals surface area contributed by atoms with Gasteiger partial charge in [0.2, 0.25) is 0 Å². The van der Waals surface area contributed by atoms with Crippen molar-refractivity contribution in [3.63, 3.8) is 0 Å². The van der Waals surface area contributed by atoms with Crippen LogP contribution in [-0.2, 0) is 4.79 Å². The third kappa shape index (κ3) is 5.50. The molecule has 1 saturated carbocycles. The highest BCUT2D eigenvalue weighted by molar-refractivity contribution is 6.30. The normalized spacial score (nSPS) is 29.0. The van der Waals surface area contributed by atoms with Crippen LogP contribution in [0.1, 0.15) is 32.1 Å². The first-order valence-electron chi connectivity index (χ1n) is 8.37. The number of aliphatic imine (C=N–C) groups is 1. The second kappa shape index (κ2) is 9.00. The quantitative estimate of drug-likeness (QED) is 0.340. The number of hydrogen-bond donors (Lipinski definition) is 1. The highest BCUT2D eigenvalue weighted by Gasteiger charge is 2.19. The number of carbonyl (C=O) groups is 1. The van der Waals surface area contributed by atoms with Crippen LogP contribution in [0.15, 0.2) is 10.1 Å². The average molecular weight is 307 g/mol. The van der Waals surface area contributed by atoms with Crippen molar-refractivity contribution in [3.8, 4) is 0 Å². The Balaban J connectivity index is 1.70. The van der Waals surface area contributed by atoms with Gasteiger partial charge in [-0.15, -0.1) is 0 Å². The van der Waals surface area contributed by atoms with E-state index < -0.39 is 0 Å². The van der Waals surface area contributed by atoms with Gasteiger partial charge in [-0.25, -0.2) is 0 Å².